The monoisotopic (exact) mass is 372 g/mol. The van der Waals surface area contributed by atoms with Gasteiger partial charge in [0.15, 0.2) is 0 Å². The van der Waals surface area contributed by atoms with E-state index in [2.05, 4.69) is 33.0 Å². The molecule has 0 bridgehead atoms. The average Bonchev–Trinajstić information content (AvgIpc) is 2.81. The minimum absolute atomic E-state index is 0.0799. The summed E-state index contributed by atoms with van der Waals surface area (Å²) >= 11 is 0. The first-order valence-corrected chi connectivity index (χ1v) is 7.55. The van der Waals surface area contributed by atoms with Gasteiger partial charge in [0.05, 0.1) is 33.5 Å². The second-order valence-corrected chi connectivity index (χ2v) is 6.49. The van der Waals surface area contributed by atoms with Crippen LogP contribution in [0.15, 0.2) is 12.1 Å². The molecule has 2 rings (SSSR count). The number of hydrogen-bond donors (Lipinski definition) is 2. The number of nitrogens with zero attached hydrogens (tertiary/aromatic N) is 3. The SMILES string of the molecule is CCC1(C)NC(C)(C)CO1.O=[N+]([O-])c1cc([N+](=O)[O-])c(O)c([N+](=O)[O-])c1. The standard InChI is InChI=1S/C8H17NO.C6H3N3O7/c1-5-8(4)9-7(2,3)6-10-8;10-6-4(8(13)14)1-3(7(11)12)2-5(6)9(15)16/h9H,5-6H2,1-4H3;1-2,10H. The van der Waals surface area contributed by atoms with E-state index in [1.54, 1.807) is 0 Å². The number of nitro benzene ring substituents is 3. The van der Waals surface area contributed by atoms with Crippen molar-refractivity contribution in [1.29, 1.82) is 0 Å². The van der Waals surface area contributed by atoms with E-state index in [0.717, 1.165) is 13.0 Å². The maximum Gasteiger partial charge on any atom is 0.324 e. The molecule has 0 saturated carbocycles. The highest BCUT2D eigenvalue weighted by Gasteiger charge is 2.38. The van der Waals surface area contributed by atoms with Crippen LogP contribution in [0.5, 0.6) is 5.75 Å². The molecule has 0 radical (unpaired) electrons. The van der Waals surface area contributed by atoms with Gasteiger partial charge in [-0.15, -0.1) is 0 Å². The fourth-order valence-corrected chi connectivity index (χ4v) is 2.29. The molecule has 1 aromatic carbocycles. The van der Waals surface area contributed by atoms with Gasteiger partial charge in [0.2, 0.25) is 0 Å². The van der Waals surface area contributed by atoms with Crippen LogP contribution >= 0.6 is 0 Å². The molecule has 12 nitrogen and oxygen atoms in total. The van der Waals surface area contributed by atoms with E-state index in [4.69, 9.17) is 9.84 Å². The zero-order valence-corrected chi connectivity index (χ0v) is 14.7. The summed E-state index contributed by atoms with van der Waals surface area (Å²) in [6, 6.07) is 0.894. The Morgan fingerprint density at radius 3 is 1.77 bits per heavy atom. The van der Waals surface area contributed by atoms with Gasteiger partial charge in [0, 0.05) is 5.54 Å². The topological polar surface area (TPSA) is 171 Å². The molecule has 1 aromatic rings. The molecule has 144 valence electrons. The van der Waals surface area contributed by atoms with Crippen LogP contribution in [-0.2, 0) is 4.74 Å². The Labute approximate surface area is 148 Å². The van der Waals surface area contributed by atoms with Crippen molar-refractivity contribution in [1.82, 2.24) is 5.32 Å². The Kier molecular flexibility index (Phi) is 6.17. The highest BCUT2D eigenvalue weighted by molar-refractivity contribution is 5.64. The summed E-state index contributed by atoms with van der Waals surface area (Å²) in [5, 5.41) is 43.6. The van der Waals surface area contributed by atoms with E-state index in [-0.39, 0.29) is 11.3 Å². The first kappa shape index (κ1) is 21.2. The van der Waals surface area contributed by atoms with E-state index in [9.17, 15) is 30.3 Å². The van der Waals surface area contributed by atoms with Gasteiger partial charge in [0.25, 0.3) is 11.4 Å². The molecular formula is C14H20N4O8. The number of benzene rings is 1. The van der Waals surface area contributed by atoms with Crippen molar-refractivity contribution in [2.24, 2.45) is 0 Å². The van der Waals surface area contributed by atoms with Crippen molar-refractivity contribution < 1.29 is 24.6 Å². The van der Waals surface area contributed by atoms with Gasteiger partial charge in [-0.3, -0.25) is 35.7 Å². The van der Waals surface area contributed by atoms with Crippen LogP contribution < -0.4 is 5.32 Å². The van der Waals surface area contributed by atoms with E-state index in [1.165, 1.54) is 0 Å². The lowest BCUT2D eigenvalue weighted by Gasteiger charge is -2.24. The van der Waals surface area contributed by atoms with Gasteiger partial charge in [-0.2, -0.15) is 0 Å². The second-order valence-electron chi connectivity index (χ2n) is 6.49. The molecule has 0 spiro atoms. The average molecular weight is 372 g/mol. The van der Waals surface area contributed by atoms with E-state index in [0.29, 0.717) is 12.1 Å². The van der Waals surface area contributed by atoms with Crippen LogP contribution in [0.25, 0.3) is 0 Å². The molecule has 1 aliphatic heterocycles. The third-order valence-electron chi connectivity index (χ3n) is 3.69. The normalized spacial score (nSPS) is 20.8. The maximum atomic E-state index is 10.4. The number of hydrogen-bond acceptors (Lipinski definition) is 9. The lowest BCUT2D eigenvalue weighted by atomic mass is 10.1. The number of phenolic OH excluding ortho intramolecular Hbond substituents is 1. The number of ether oxygens (including phenoxy) is 1. The quantitative estimate of drug-likeness (QED) is 0.595. The van der Waals surface area contributed by atoms with Crippen LogP contribution in [-0.4, -0.2) is 37.7 Å². The first-order valence-electron chi connectivity index (χ1n) is 7.55. The Balaban J connectivity index is 0.000000289. The molecule has 1 atom stereocenters. The van der Waals surface area contributed by atoms with Crippen molar-refractivity contribution in [3.05, 3.63) is 42.5 Å². The van der Waals surface area contributed by atoms with Crippen molar-refractivity contribution in [2.45, 2.75) is 45.4 Å². The Bertz CT molecular complexity index is 701. The first-order chi connectivity index (χ1) is 11.8. The Morgan fingerprint density at radius 1 is 1.08 bits per heavy atom. The molecule has 26 heavy (non-hydrogen) atoms. The van der Waals surface area contributed by atoms with Crippen molar-refractivity contribution in [3.8, 4) is 5.75 Å². The van der Waals surface area contributed by atoms with Crippen molar-refractivity contribution in [3.63, 3.8) is 0 Å². The van der Waals surface area contributed by atoms with Gasteiger partial charge in [-0.1, -0.05) is 6.92 Å². The lowest BCUT2D eigenvalue weighted by molar-refractivity contribution is -0.404. The number of nitro groups is 3. The summed E-state index contributed by atoms with van der Waals surface area (Å²) < 4.78 is 5.59. The molecular weight excluding hydrogens is 352 g/mol. The lowest BCUT2D eigenvalue weighted by Crippen LogP contribution is -2.45. The number of aromatic hydroxyl groups is 1. The summed E-state index contributed by atoms with van der Waals surface area (Å²) in [6.45, 7) is 9.37. The van der Waals surface area contributed by atoms with Gasteiger partial charge >= 0.3 is 11.4 Å². The third-order valence-corrected chi connectivity index (χ3v) is 3.69. The summed E-state index contributed by atoms with van der Waals surface area (Å²) in [7, 11) is 0. The number of rotatable bonds is 4. The van der Waals surface area contributed by atoms with Gasteiger partial charge in [-0.25, -0.2) is 0 Å². The number of nitrogens with one attached hydrogen (secondary N) is 1. The maximum absolute atomic E-state index is 10.4. The Hall–Kier alpha value is -2.86. The van der Waals surface area contributed by atoms with Gasteiger partial charge < -0.3 is 9.84 Å². The summed E-state index contributed by atoms with van der Waals surface area (Å²) in [4.78, 5) is 27.8. The van der Waals surface area contributed by atoms with Crippen LogP contribution in [0.3, 0.4) is 0 Å². The van der Waals surface area contributed by atoms with Crippen molar-refractivity contribution in [2.75, 3.05) is 6.61 Å². The predicted molar refractivity (Wildman–Crippen MR) is 89.9 cm³/mol. The molecule has 1 fully saturated rings. The fraction of sp³-hybridized carbons (Fsp3) is 0.571. The zero-order chi connectivity index (χ0) is 20.3. The number of non-ortho nitro benzene ring substituents is 1. The van der Waals surface area contributed by atoms with Gasteiger partial charge in [0.1, 0.15) is 5.72 Å². The molecule has 0 aliphatic carbocycles. The van der Waals surface area contributed by atoms with Crippen LogP contribution in [0, 0.1) is 30.3 Å². The highest BCUT2D eigenvalue weighted by atomic mass is 16.6. The molecule has 2 N–H and O–H groups in total. The molecule has 1 unspecified atom stereocenters. The third kappa shape index (κ3) is 5.07. The molecule has 1 heterocycles. The summed E-state index contributed by atoms with van der Waals surface area (Å²) in [5.41, 5.74) is -2.92. The zero-order valence-electron chi connectivity index (χ0n) is 14.7. The fourth-order valence-electron chi connectivity index (χ4n) is 2.29. The highest BCUT2D eigenvalue weighted by Crippen LogP contribution is 2.38. The van der Waals surface area contributed by atoms with Crippen molar-refractivity contribution >= 4 is 17.1 Å². The second kappa shape index (κ2) is 7.58. The minimum Gasteiger partial charge on any atom is -0.497 e. The van der Waals surface area contributed by atoms with Crippen LogP contribution in [0.4, 0.5) is 17.1 Å². The summed E-state index contributed by atoms with van der Waals surface area (Å²) in [5.74, 6) is -1.21. The molecule has 0 amide bonds. The minimum atomic E-state index is -1.21. The molecule has 0 aromatic heterocycles. The smallest absolute Gasteiger partial charge is 0.324 e. The molecule has 12 heteroatoms. The largest absolute Gasteiger partial charge is 0.497 e. The van der Waals surface area contributed by atoms with Crippen LogP contribution in [0.1, 0.15) is 34.1 Å². The van der Waals surface area contributed by atoms with E-state index >= 15 is 0 Å². The Morgan fingerprint density at radius 2 is 1.54 bits per heavy atom. The predicted octanol–water partition coefficient (Wildman–Crippen LogP) is 2.63. The molecule has 1 saturated heterocycles. The molecule has 1 aliphatic rings. The van der Waals surface area contributed by atoms with E-state index in [1.807, 2.05) is 0 Å². The van der Waals surface area contributed by atoms with Gasteiger partial charge in [-0.05, 0) is 27.2 Å². The van der Waals surface area contributed by atoms with E-state index < -0.39 is 37.6 Å². The van der Waals surface area contributed by atoms with Crippen LogP contribution in [0.2, 0.25) is 0 Å². The number of phenols is 1. The summed E-state index contributed by atoms with van der Waals surface area (Å²) in [6.07, 6.45) is 1.02.